The number of rotatable bonds is 2. The Morgan fingerprint density at radius 2 is 1.31 bits per heavy atom. The van der Waals surface area contributed by atoms with E-state index in [2.05, 4.69) is 15.9 Å². The summed E-state index contributed by atoms with van der Waals surface area (Å²) in [5.41, 5.74) is 8.16. The zero-order valence-corrected chi connectivity index (χ0v) is 10.2. The summed E-state index contributed by atoms with van der Waals surface area (Å²) in [6.45, 7) is 0. The minimum Gasteiger partial charge on any atom is -0.508 e. The van der Waals surface area contributed by atoms with Gasteiger partial charge < -0.3 is 10.8 Å². The number of hydrogen-bond donors (Lipinski definition) is 2. The lowest BCUT2D eigenvalue weighted by Crippen LogP contribution is -2.11. The third kappa shape index (κ3) is 2.43. The molecule has 0 spiro atoms. The van der Waals surface area contributed by atoms with Crippen molar-refractivity contribution in [2.45, 2.75) is 6.04 Å². The molecule has 1 atom stereocenters. The van der Waals surface area contributed by atoms with Gasteiger partial charge in [-0.15, -0.1) is 0 Å². The maximum atomic E-state index is 9.20. The van der Waals surface area contributed by atoms with Crippen LogP contribution >= 0.6 is 15.9 Å². The molecule has 3 N–H and O–H groups in total. The number of halogens is 1. The van der Waals surface area contributed by atoms with Gasteiger partial charge in [-0.25, -0.2) is 0 Å². The van der Waals surface area contributed by atoms with Crippen LogP contribution in [0.25, 0.3) is 0 Å². The SMILES string of the molecule is NC(c1ccc(O)cc1)c1ccc(Br)cc1. The summed E-state index contributed by atoms with van der Waals surface area (Å²) in [6.07, 6.45) is 0. The molecule has 0 saturated heterocycles. The molecule has 1 unspecified atom stereocenters. The fourth-order valence-corrected chi connectivity index (χ4v) is 1.81. The van der Waals surface area contributed by atoms with Crippen molar-refractivity contribution in [3.05, 3.63) is 64.1 Å². The van der Waals surface area contributed by atoms with Gasteiger partial charge in [-0.1, -0.05) is 40.2 Å². The van der Waals surface area contributed by atoms with E-state index >= 15 is 0 Å². The van der Waals surface area contributed by atoms with Gasteiger partial charge in [-0.2, -0.15) is 0 Å². The zero-order valence-electron chi connectivity index (χ0n) is 8.60. The maximum absolute atomic E-state index is 9.20. The fourth-order valence-electron chi connectivity index (χ4n) is 1.54. The average Bonchev–Trinajstić information content (AvgIpc) is 2.30. The molecule has 0 aliphatic heterocycles. The van der Waals surface area contributed by atoms with Crippen molar-refractivity contribution in [1.82, 2.24) is 0 Å². The smallest absolute Gasteiger partial charge is 0.115 e. The first-order valence-electron chi connectivity index (χ1n) is 4.97. The highest BCUT2D eigenvalue weighted by molar-refractivity contribution is 9.10. The number of hydrogen-bond acceptors (Lipinski definition) is 2. The van der Waals surface area contributed by atoms with Crippen LogP contribution in [0.4, 0.5) is 0 Å². The van der Waals surface area contributed by atoms with Gasteiger partial charge in [0.05, 0.1) is 6.04 Å². The third-order valence-electron chi connectivity index (χ3n) is 2.48. The van der Waals surface area contributed by atoms with Crippen LogP contribution in [0.1, 0.15) is 17.2 Å². The molecule has 0 saturated carbocycles. The minimum atomic E-state index is -0.159. The van der Waals surface area contributed by atoms with Gasteiger partial charge in [0, 0.05) is 4.47 Å². The molecule has 0 aliphatic carbocycles. The van der Waals surface area contributed by atoms with Crippen molar-refractivity contribution in [3.63, 3.8) is 0 Å². The number of phenolic OH excluding ortho intramolecular Hbond substituents is 1. The van der Waals surface area contributed by atoms with E-state index in [0.717, 1.165) is 15.6 Å². The molecule has 2 nitrogen and oxygen atoms in total. The van der Waals surface area contributed by atoms with Crippen molar-refractivity contribution >= 4 is 15.9 Å². The Hall–Kier alpha value is -1.32. The van der Waals surface area contributed by atoms with E-state index in [1.54, 1.807) is 12.1 Å². The second kappa shape index (κ2) is 4.68. The Bertz CT molecular complexity index is 419. The largest absolute Gasteiger partial charge is 0.508 e. The van der Waals surface area contributed by atoms with Gasteiger partial charge in [0.25, 0.3) is 0 Å². The van der Waals surface area contributed by atoms with Gasteiger partial charge >= 0.3 is 0 Å². The first-order chi connectivity index (χ1) is 7.66. The third-order valence-corrected chi connectivity index (χ3v) is 3.01. The highest BCUT2D eigenvalue weighted by atomic mass is 79.9. The predicted octanol–water partition coefficient (Wildman–Crippen LogP) is 3.20. The molecule has 16 heavy (non-hydrogen) atoms. The van der Waals surface area contributed by atoms with Crippen LogP contribution in [0.5, 0.6) is 5.75 Å². The molecule has 0 aromatic heterocycles. The Morgan fingerprint density at radius 1 is 0.875 bits per heavy atom. The zero-order chi connectivity index (χ0) is 11.5. The normalized spacial score (nSPS) is 12.4. The van der Waals surface area contributed by atoms with Gasteiger partial charge in [0.15, 0.2) is 0 Å². The molecule has 2 aromatic carbocycles. The quantitative estimate of drug-likeness (QED) is 0.886. The Morgan fingerprint density at radius 3 is 1.81 bits per heavy atom. The molecule has 2 aromatic rings. The molecule has 3 heteroatoms. The van der Waals surface area contributed by atoms with Crippen molar-refractivity contribution in [1.29, 1.82) is 0 Å². The van der Waals surface area contributed by atoms with Gasteiger partial charge in [0.1, 0.15) is 5.75 Å². The minimum absolute atomic E-state index is 0.159. The Balaban J connectivity index is 2.28. The summed E-state index contributed by atoms with van der Waals surface area (Å²) in [6, 6.07) is 14.7. The Kier molecular flexibility index (Phi) is 3.27. The second-order valence-electron chi connectivity index (χ2n) is 3.62. The van der Waals surface area contributed by atoms with E-state index in [4.69, 9.17) is 5.73 Å². The summed E-state index contributed by atoms with van der Waals surface area (Å²) >= 11 is 3.39. The topological polar surface area (TPSA) is 46.2 Å². The van der Waals surface area contributed by atoms with Gasteiger partial charge in [-0.3, -0.25) is 0 Å². The van der Waals surface area contributed by atoms with Crippen molar-refractivity contribution in [3.8, 4) is 5.75 Å². The molecule has 82 valence electrons. The van der Waals surface area contributed by atoms with E-state index in [9.17, 15) is 5.11 Å². The summed E-state index contributed by atoms with van der Waals surface area (Å²) in [5.74, 6) is 0.256. The number of nitrogens with two attached hydrogens (primary N) is 1. The molecule has 0 bridgehead atoms. The molecule has 2 rings (SSSR count). The average molecular weight is 278 g/mol. The molecule has 0 amide bonds. The number of phenols is 1. The van der Waals surface area contributed by atoms with Crippen LogP contribution in [0.15, 0.2) is 53.0 Å². The van der Waals surface area contributed by atoms with E-state index in [1.807, 2.05) is 36.4 Å². The number of aromatic hydroxyl groups is 1. The molecular formula is C13H12BrNO. The number of benzene rings is 2. The van der Waals surface area contributed by atoms with Crippen LogP contribution in [0, 0.1) is 0 Å². The monoisotopic (exact) mass is 277 g/mol. The lowest BCUT2D eigenvalue weighted by molar-refractivity contribution is 0.475. The van der Waals surface area contributed by atoms with E-state index in [-0.39, 0.29) is 11.8 Å². The summed E-state index contributed by atoms with van der Waals surface area (Å²) in [7, 11) is 0. The van der Waals surface area contributed by atoms with Crippen LogP contribution in [0.3, 0.4) is 0 Å². The molecule has 0 radical (unpaired) electrons. The van der Waals surface area contributed by atoms with Crippen LogP contribution < -0.4 is 5.73 Å². The predicted molar refractivity (Wildman–Crippen MR) is 68.3 cm³/mol. The Labute approximate surface area is 103 Å². The van der Waals surface area contributed by atoms with E-state index in [1.165, 1.54) is 0 Å². The maximum Gasteiger partial charge on any atom is 0.115 e. The first-order valence-corrected chi connectivity index (χ1v) is 5.76. The molecular weight excluding hydrogens is 266 g/mol. The van der Waals surface area contributed by atoms with Crippen molar-refractivity contribution in [2.75, 3.05) is 0 Å². The summed E-state index contributed by atoms with van der Waals surface area (Å²) in [4.78, 5) is 0. The standard InChI is InChI=1S/C13H12BrNO/c14-11-5-1-9(2-6-11)13(15)10-3-7-12(16)8-4-10/h1-8,13,16H,15H2. The summed E-state index contributed by atoms with van der Waals surface area (Å²) < 4.78 is 1.04. The van der Waals surface area contributed by atoms with E-state index in [0.29, 0.717) is 0 Å². The van der Waals surface area contributed by atoms with Gasteiger partial charge in [-0.05, 0) is 35.4 Å². The highest BCUT2D eigenvalue weighted by Crippen LogP contribution is 2.22. The molecule has 0 heterocycles. The van der Waals surface area contributed by atoms with Crippen LogP contribution in [0.2, 0.25) is 0 Å². The fraction of sp³-hybridized carbons (Fsp3) is 0.0769. The lowest BCUT2D eigenvalue weighted by atomic mass is 10.00. The first kappa shape index (κ1) is 11.2. The molecule has 0 fully saturated rings. The highest BCUT2D eigenvalue weighted by Gasteiger charge is 2.08. The lowest BCUT2D eigenvalue weighted by Gasteiger charge is -2.12. The van der Waals surface area contributed by atoms with Crippen LogP contribution in [-0.4, -0.2) is 5.11 Å². The van der Waals surface area contributed by atoms with E-state index < -0.39 is 0 Å². The van der Waals surface area contributed by atoms with Gasteiger partial charge in [0.2, 0.25) is 0 Å². The van der Waals surface area contributed by atoms with Crippen molar-refractivity contribution in [2.24, 2.45) is 5.73 Å². The summed E-state index contributed by atoms with van der Waals surface area (Å²) in [5, 5.41) is 9.20. The molecule has 0 aliphatic rings. The second-order valence-corrected chi connectivity index (χ2v) is 4.54. The van der Waals surface area contributed by atoms with Crippen LogP contribution in [-0.2, 0) is 0 Å². The van der Waals surface area contributed by atoms with Crippen molar-refractivity contribution < 1.29 is 5.11 Å².